The zero-order valence-corrected chi connectivity index (χ0v) is 23.6. The fraction of sp³-hybridized carbons (Fsp3) is 0.375. The van der Waals surface area contributed by atoms with E-state index >= 15 is 0 Å². The number of carbonyl (C=O) groups excluding carboxylic acids is 2. The van der Waals surface area contributed by atoms with Crippen LogP contribution in [0.1, 0.15) is 57.5 Å². The average Bonchev–Trinajstić information content (AvgIpc) is 3.50. The number of thiazole rings is 1. The first kappa shape index (κ1) is 29.9. The number of rotatable bonds is 8. The van der Waals surface area contributed by atoms with E-state index in [0.717, 1.165) is 23.5 Å². The number of benzene rings is 1. The van der Waals surface area contributed by atoms with Crippen LogP contribution in [-0.2, 0) is 15.7 Å². The smallest absolute Gasteiger partial charge is 0.366 e. The predicted molar refractivity (Wildman–Crippen MR) is 143 cm³/mol. The van der Waals surface area contributed by atoms with Crippen LogP contribution in [0, 0.1) is 0 Å². The second kappa shape index (κ2) is 11.8. The van der Waals surface area contributed by atoms with Crippen LogP contribution in [0.15, 0.2) is 30.7 Å². The van der Waals surface area contributed by atoms with Crippen molar-refractivity contribution < 1.29 is 32.2 Å². The third-order valence-corrected chi connectivity index (χ3v) is 7.43. The topological polar surface area (TPSA) is 127 Å². The van der Waals surface area contributed by atoms with Gasteiger partial charge in [-0.2, -0.15) is 13.2 Å². The van der Waals surface area contributed by atoms with Gasteiger partial charge in [0.15, 0.2) is 11.5 Å². The number of aromatic nitrogens is 3. The lowest BCUT2D eigenvalue weighted by Crippen LogP contribution is -2.29. The Morgan fingerprint density at radius 1 is 1.20 bits per heavy atom. The van der Waals surface area contributed by atoms with Gasteiger partial charge in [-0.3, -0.25) is 9.59 Å². The molecule has 0 spiro atoms. The Labute approximate surface area is 240 Å². The van der Waals surface area contributed by atoms with Crippen LogP contribution in [0.3, 0.4) is 0 Å². The molecule has 2 atom stereocenters. The maximum atomic E-state index is 13.1. The Balaban J connectivity index is 1.38. The first-order valence-electron chi connectivity index (χ1n) is 11.7. The van der Waals surface area contributed by atoms with Crippen molar-refractivity contribution in [2.24, 2.45) is 0 Å². The molecule has 2 aromatic heterocycles. The van der Waals surface area contributed by atoms with Crippen molar-refractivity contribution in [2.75, 3.05) is 23.8 Å². The van der Waals surface area contributed by atoms with Crippen molar-refractivity contribution >= 4 is 57.9 Å². The molecule has 1 fully saturated rings. The molecule has 2 amide bonds. The van der Waals surface area contributed by atoms with Crippen LogP contribution < -0.4 is 16.0 Å². The molecule has 10 nitrogen and oxygen atoms in total. The van der Waals surface area contributed by atoms with Gasteiger partial charge in [0.1, 0.15) is 33.2 Å². The van der Waals surface area contributed by atoms with Crippen LogP contribution in [0.4, 0.5) is 24.7 Å². The van der Waals surface area contributed by atoms with Gasteiger partial charge < -0.3 is 25.4 Å². The molecular formula is C24H23Cl2F3N6O4S. The summed E-state index contributed by atoms with van der Waals surface area (Å²) in [6, 6.07) is 2.39. The van der Waals surface area contributed by atoms with Crippen LogP contribution in [0.25, 0.3) is 0 Å². The summed E-state index contributed by atoms with van der Waals surface area (Å²) in [5.41, 5.74) is -1.23. The summed E-state index contributed by atoms with van der Waals surface area (Å²) in [6.45, 7) is 5.98. The van der Waals surface area contributed by atoms with E-state index in [1.54, 1.807) is 20.8 Å². The molecule has 4 rings (SSSR count). The minimum absolute atomic E-state index is 0.00534. The van der Waals surface area contributed by atoms with Crippen LogP contribution in [-0.4, -0.2) is 51.8 Å². The Kier molecular flexibility index (Phi) is 8.85. The standard InChI is InChI=1S/C24H23Cl2F3N6O4S/c1-11(22-31-8-16(40-22)20(36)35-12-4-5-15(25)14(6-12)24(27,28)29)34-21(37)18-17(26)19(33-10-32-18)30-7-13-9-38-23(2,3)39-13/h4-6,8,10-11,13H,7,9H2,1-3H3,(H,34,37)(H,35,36)(H,30,32,33). The Hall–Kier alpha value is -3.04. The predicted octanol–water partition coefficient (Wildman–Crippen LogP) is 5.57. The molecule has 0 bridgehead atoms. The molecule has 1 aromatic carbocycles. The number of halogens is 5. The highest BCUT2D eigenvalue weighted by atomic mass is 35.5. The molecule has 2 unspecified atom stereocenters. The summed E-state index contributed by atoms with van der Waals surface area (Å²) in [4.78, 5) is 37.9. The van der Waals surface area contributed by atoms with E-state index in [0.29, 0.717) is 18.2 Å². The third kappa shape index (κ3) is 7.18. The number of ether oxygens (including phenoxy) is 2. The van der Waals surface area contributed by atoms with Gasteiger partial charge in [-0.15, -0.1) is 11.3 Å². The van der Waals surface area contributed by atoms with Gasteiger partial charge in [0.25, 0.3) is 11.8 Å². The quantitative estimate of drug-likeness (QED) is 0.299. The summed E-state index contributed by atoms with van der Waals surface area (Å²) in [5.74, 6) is -1.72. The van der Waals surface area contributed by atoms with E-state index in [1.807, 2.05) is 0 Å². The third-order valence-electron chi connectivity index (χ3n) is 5.56. The molecule has 3 N–H and O–H groups in total. The maximum Gasteiger partial charge on any atom is 0.417 e. The van der Waals surface area contributed by atoms with Gasteiger partial charge in [-0.05, 0) is 39.0 Å². The second-order valence-corrected chi connectivity index (χ2v) is 11.0. The molecule has 1 aliphatic heterocycles. The number of hydrogen-bond acceptors (Lipinski definition) is 9. The Bertz CT molecular complexity index is 1420. The molecule has 0 aliphatic carbocycles. The van der Waals surface area contributed by atoms with Crippen molar-refractivity contribution in [3.05, 3.63) is 61.9 Å². The molecule has 1 aliphatic rings. The summed E-state index contributed by atoms with van der Waals surface area (Å²) >= 11 is 13.0. The zero-order chi connectivity index (χ0) is 29.2. The minimum atomic E-state index is -4.68. The number of amides is 2. The average molecular weight is 619 g/mol. The molecule has 16 heteroatoms. The van der Waals surface area contributed by atoms with Gasteiger partial charge in [0.2, 0.25) is 0 Å². The molecule has 214 valence electrons. The lowest BCUT2D eigenvalue weighted by atomic mass is 10.2. The first-order chi connectivity index (χ1) is 18.7. The van der Waals surface area contributed by atoms with Crippen LogP contribution in [0.5, 0.6) is 0 Å². The monoisotopic (exact) mass is 618 g/mol. The highest BCUT2D eigenvalue weighted by molar-refractivity contribution is 7.13. The van der Waals surface area contributed by atoms with E-state index in [-0.39, 0.29) is 33.2 Å². The van der Waals surface area contributed by atoms with Crippen molar-refractivity contribution in [3.63, 3.8) is 0 Å². The Morgan fingerprint density at radius 3 is 2.62 bits per heavy atom. The largest absolute Gasteiger partial charge is 0.417 e. The minimum Gasteiger partial charge on any atom is -0.366 e. The van der Waals surface area contributed by atoms with Crippen molar-refractivity contribution in [1.82, 2.24) is 20.3 Å². The van der Waals surface area contributed by atoms with Gasteiger partial charge >= 0.3 is 6.18 Å². The molecule has 1 saturated heterocycles. The molecule has 0 radical (unpaired) electrons. The summed E-state index contributed by atoms with van der Waals surface area (Å²) in [7, 11) is 0. The number of hydrogen-bond donors (Lipinski definition) is 3. The number of carbonyl (C=O) groups is 2. The zero-order valence-electron chi connectivity index (χ0n) is 21.2. The van der Waals surface area contributed by atoms with Crippen LogP contribution in [0.2, 0.25) is 10.0 Å². The van der Waals surface area contributed by atoms with E-state index < -0.39 is 40.4 Å². The summed E-state index contributed by atoms with van der Waals surface area (Å²) in [6.07, 6.45) is -2.46. The lowest BCUT2D eigenvalue weighted by molar-refractivity contribution is -0.137. The van der Waals surface area contributed by atoms with E-state index in [1.165, 1.54) is 18.6 Å². The number of nitrogens with one attached hydrogen (secondary N) is 3. The van der Waals surface area contributed by atoms with Crippen molar-refractivity contribution in [2.45, 2.75) is 44.9 Å². The van der Waals surface area contributed by atoms with Gasteiger partial charge in [0.05, 0.1) is 29.4 Å². The maximum absolute atomic E-state index is 13.1. The lowest BCUT2D eigenvalue weighted by Gasteiger charge is -2.18. The molecule has 3 aromatic rings. The first-order valence-corrected chi connectivity index (χ1v) is 13.3. The normalized spacial score (nSPS) is 17.4. The van der Waals surface area contributed by atoms with Crippen molar-refractivity contribution in [3.8, 4) is 0 Å². The van der Waals surface area contributed by atoms with Gasteiger partial charge in [-0.1, -0.05) is 23.2 Å². The molecular weight excluding hydrogens is 596 g/mol. The molecule has 3 heterocycles. The van der Waals surface area contributed by atoms with Crippen molar-refractivity contribution in [1.29, 1.82) is 0 Å². The van der Waals surface area contributed by atoms with Crippen LogP contribution >= 0.6 is 34.5 Å². The van der Waals surface area contributed by atoms with E-state index in [4.69, 9.17) is 32.7 Å². The highest BCUT2D eigenvalue weighted by Crippen LogP contribution is 2.36. The fourth-order valence-corrected chi connectivity index (χ4v) is 4.95. The Morgan fingerprint density at radius 2 is 1.95 bits per heavy atom. The fourth-order valence-electron chi connectivity index (χ4n) is 3.66. The number of anilines is 2. The van der Waals surface area contributed by atoms with Gasteiger partial charge in [0, 0.05) is 12.2 Å². The second-order valence-electron chi connectivity index (χ2n) is 9.12. The molecule has 0 saturated carbocycles. The summed E-state index contributed by atoms with van der Waals surface area (Å²) < 4.78 is 50.6. The van der Waals surface area contributed by atoms with Gasteiger partial charge in [-0.25, -0.2) is 15.0 Å². The number of nitrogens with zero attached hydrogens (tertiary/aromatic N) is 3. The van der Waals surface area contributed by atoms with E-state index in [2.05, 4.69) is 30.9 Å². The highest BCUT2D eigenvalue weighted by Gasteiger charge is 2.34. The van der Waals surface area contributed by atoms with E-state index in [9.17, 15) is 22.8 Å². The summed E-state index contributed by atoms with van der Waals surface area (Å²) in [5, 5.41) is 8.03. The number of alkyl halides is 3. The SMILES string of the molecule is CC(NC(=O)c1ncnc(NCC2COC(C)(C)O2)c1Cl)c1ncc(C(=O)Nc2ccc(Cl)c(C(F)(F)F)c2)s1. The molecule has 40 heavy (non-hydrogen) atoms.